The molecule has 0 aliphatic carbocycles. The second-order valence-corrected chi connectivity index (χ2v) is 9.96. The summed E-state index contributed by atoms with van der Waals surface area (Å²) in [4.78, 5) is 65.2. The molecule has 4 unspecified atom stereocenters. The van der Waals surface area contributed by atoms with E-state index in [0.29, 0.717) is 18.5 Å². The Morgan fingerprint density at radius 3 is 2.29 bits per heavy atom. The van der Waals surface area contributed by atoms with Gasteiger partial charge in [0, 0.05) is 23.5 Å². The summed E-state index contributed by atoms with van der Waals surface area (Å²) in [6.45, 7) is 4.43. The van der Waals surface area contributed by atoms with Gasteiger partial charge in [0.1, 0.15) is 18.1 Å². The molecule has 1 fully saturated rings. The molecule has 7 N–H and O–H groups in total. The van der Waals surface area contributed by atoms with Gasteiger partial charge in [-0.1, -0.05) is 32.0 Å². The van der Waals surface area contributed by atoms with Crippen molar-refractivity contribution in [1.82, 2.24) is 26.3 Å². The van der Waals surface area contributed by atoms with E-state index >= 15 is 0 Å². The minimum absolute atomic E-state index is 0.0156. The Hall–Kier alpha value is -3.93. The maximum atomic E-state index is 13.1. The predicted octanol–water partition coefficient (Wildman–Crippen LogP) is 0.522. The van der Waals surface area contributed by atoms with Gasteiger partial charge in [-0.2, -0.15) is 0 Å². The molecule has 4 atom stereocenters. The number of nitrogens with one attached hydrogen (secondary N) is 5. The fourth-order valence-corrected chi connectivity index (χ4v) is 4.53. The number of H-pyrrole nitrogens is 1. The first-order valence-corrected chi connectivity index (χ1v) is 12.7. The van der Waals surface area contributed by atoms with Crippen LogP contribution in [0, 0.1) is 5.92 Å². The smallest absolute Gasteiger partial charge is 0.326 e. The fourth-order valence-electron chi connectivity index (χ4n) is 4.53. The van der Waals surface area contributed by atoms with Crippen LogP contribution in [-0.4, -0.2) is 75.6 Å². The minimum atomic E-state index is -1.54. The number of benzene rings is 1. The number of hydrogen-bond donors (Lipinski definition) is 7. The van der Waals surface area contributed by atoms with E-state index < -0.39 is 54.3 Å². The molecule has 1 aliphatic heterocycles. The monoisotopic (exact) mass is 529 g/mol. The second kappa shape index (κ2) is 13.0. The molecule has 2 aromatic rings. The normalized spacial score (nSPS) is 17.5. The maximum Gasteiger partial charge on any atom is 0.326 e. The highest BCUT2D eigenvalue weighted by Gasteiger charge is 2.33. The van der Waals surface area contributed by atoms with Crippen molar-refractivity contribution >= 4 is 40.6 Å². The third-order valence-electron chi connectivity index (χ3n) is 6.44. The summed E-state index contributed by atoms with van der Waals surface area (Å²) in [5.74, 6) is -4.64. The molecule has 2 heterocycles. The molecule has 12 heteroatoms. The Balaban J connectivity index is 1.72. The third-order valence-corrected chi connectivity index (χ3v) is 6.44. The number of para-hydroxylation sites is 1. The van der Waals surface area contributed by atoms with Crippen LogP contribution in [0.2, 0.25) is 0 Å². The lowest BCUT2D eigenvalue weighted by Gasteiger charge is -2.25. The Morgan fingerprint density at radius 2 is 1.66 bits per heavy atom. The molecule has 3 rings (SSSR count). The number of carboxylic acid groups (broad SMARTS) is 2. The van der Waals surface area contributed by atoms with E-state index in [1.165, 1.54) is 0 Å². The van der Waals surface area contributed by atoms with Crippen molar-refractivity contribution in [2.45, 2.75) is 70.1 Å². The molecule has 1 aromatic heterocycles. The molecule has 0 radical (unpaired) electrons. The van der Waals surface area contributed by atoms with Crippen LogP contribution in [-0.2, 0) is 30.4 Å². The minimum Gasteiger partial charge on any atom is -0.481 e. The van der Waals surface area contributed by atoms with Gasteiger partial charge in [-0.15, -0.1) is 0 Å². The molecule has 206 valence electrons. The number of rotatable bonds is 13. The van der Waals surface area contributed by atoms with Crippen molar-refractivity contribution in [1.29, 1.82) is 0 Å². The van der Waals surface area contributed by atoms with Crippen LogP contribution >= 0.6 is 0 Å². The quantitative estimate of drug-likeness (QED) is 0.195. The summed E-state index contributed by atoms with van der Waals surface area (Å²) >= 11 is 0. The number of fused-ring (bicyclic) bond motifs is 1. The van der Waals surface area contributed by atoms with Gasteiger partial charge in [0.15, 0.2) is 0 Å². The van der Waals surface area contributed by atoms with E-state index in [1.807, 2.05) is 38.1 Å². The average molecular weight is 530 g/mol. The van der Waals surface area contributed by atoms with E-state index in [1.54, 1.807) is 6.20 Å². The van der Waals surface area contributed by atoms with Crippen molar-refractivity contribution in [3.8, 4) is 0 Å². The van der Waals surface area contributed by atoms with E-state index in [-0.39, 0.29) is 24.7 Å². The number of amides is 3. The molecule has 1 aliphatic rings. The topological polar surface area (TPSA) is 190 Å². The first kappa shape index (κ1) is 28.6. The average Bonchev–Trinajstić information content (AvgIpc) is 3.53. The van der Waals surface area contributed by atoms with Crippen LogP contribution in [0.5, 0.6) is 0 Å². The van der Waals surface area contributed by atoms with Crippen LogP contribution in [0.25, 0.3) is 10.9 Å². The van der Waals surface area contributed by atoms with E-state index in [4.69, 9.17) is 0 Å². The van der Waals surface area contributed by atoms with Gasteiger partial charge in [-0.05, 0) is 43.4 Å². The summed E-state index contributed by atoms with van der Waals surface area (Å²) in [5, 5.41) is 30.4. The number of aromatic nitrogens is 1. The molecule has 12 nitrogen and oxygen atoms in total. The summed E-state index contributed by atoms with van der Waals surface area (Å²) in [7, 11) is 0. The lowest BCUT2D eigenvalue weighted by Crippen LogP contribution is -2.57. The third kappa shape index (κ3) is 7.78. The lowest BCUT2D eigenvalue weighted by atomic mass is 10.0. The number of carboxylic acids is 2. The lowest BCUT2D eigenvalue weighted by molar-refractivity contribution is -0.143. The fraction of sp³-hybridized carbons (Fsp3) is 0.500. The van der Waals surface area contributed by atoms with Crippen molar-refractivity contribution in [3.05, 3.63) is 36.0 Å². The number of aliphatic carboxylic acids is 2. The van der Waals surface area contributed by atoms with Crippen molar-refractivity contribution in [2.75, 3.05) is 6.54 Å². The van der Waals surface area contributed by atoms with Crippen LogP contribution in [0.3, 0.4) is 0 Å². The number of hydrogen-bond acceptors (Lipinski definition) is 6. The first-order valence-electron chi connectivity index (χ1n) is 12.7. The molecule has 3 amide bonds. The van der Waals surface area contributed by atoms with Crippen LogP contribution in [0.15, 0.2) is 30.5 Å². The van der Waals surface area contributed by atoms with Crippen LogP contribution in [0.4, 0.5) is 0 Å². The van der Waals surface area contributed by atoms with Gasteiger partial charge in [0.05, 0.1) is 12.5 Å². The molecule has 0 saturated carbocycles. The molecular weight excluding hydrogens is 494 g/mol. The molecule has 1 saturated heterocycles. The van der Waals surface area contributed by atoms with Crippen molar-refractivity contribution < 1.29 is 34.2 Å². The Morgan fingerprint density at radius 1 is 0.974 bits per heavy atom. The van der Waals surface area contributed by atoms with Gasteiger partial charge < -0.3 is 36.5 Å². The zero-order valence-corrected chi connectivity index (χ0v) is 21.5. The van der Waals surface area contributed by atoms with Gasteiger partial charge in [-0.25, -0.2) is 4.79 Å². The van der Waals surface area contributed by atoms with Crippen molar-refractivity contribution in [2.24, 2.45) is 5.92 Å². The number of carbonyl (C=O) groups excluding carboxylic acids is 3. The number of carbonyl (C=O) groups is 5. The summed E-state index contributed by atoms with van der Waals surface area (Å²) in [6.07, 6.45) is 2.58. The molecule has 0 spiro atoms. The highest BCUT2D eigenvalue weighted by molar-refractivity contribution is 5.96. The standard InChI is InChI=1S/C26H35N5O7/c1-14(2)10-19(29-23(34)18-8-5-9-27-18)24(35)30-20(12-22(32)33)25(36)31-21(26(37)38)11-15-13-28-17-7-4-3-6-16(15)17/h3-4,6-7,13-14,18-21,27-28H,5,8-12H2,1-2H3,(H,29,34)(H,30,35)(H,31,36)(H,32,33)(H,37,38). The Labute approximate surface area is 219 Å². The summed E-state index contributed by atoms with van der Waals surface area (Å²) in [6, 6.07) is 2.97. The highest BCUT2D eigenvalue weighted by Crippen LogP contribution is 2.19. The van der Waals surface area contributed by atoms with Crippen LogP contribution < -0.4 is 21.3 Å². The highest BCUT2D eigenvalue weighted by atomic mass is 16.4. The van der Waals surface area contributed by atoms with Crippen LogP contribution in [0.1, 0.15) is 45.1 Å². The zero-order chi connectivity index (χ0) is 27.8. The Bertz CT molecular complexity index is 1170. The SMILES string of the molecule is CC(C)CC(NC(=O)C1CCCN1)C(=O)NC(CC(=O)O)C(=O)NC(Cc1c[nH]c2ccccc12)C(=O)O. The van der Waals surface area contributed by atoms with E-state index in [0.717, 1.165) is 17.3 Å². The second-order valence-electron chi connectivity index (χ2n) is 9.96. The largest absolute Gasteiger partial charge is 0.481 e. The molecule has 1 aromatic carbocycles. The van der Waals surface area contributed by atoms with Gasteiger partial charge in [0.25, 0.3) is 0 Å². The van der Waals surface area contributed by atoms with Gasteiger partial charge >= 0.3 is 11.9 Å². The molecular formula is C26H35N5O7. The van der Waals surface area contributed by atoms with Crippen molar-refractivity contribution in [3.63, 3.8) is 0 Å². The Kier molecular flexibility index (Phi) is 9.83. The first-order chi connectivity index (χ1) is 18.0. The van der Waals surface area contributed by atoms with E-state index in [9.17, 15) is 34.2 Å². The predicted molar refractivity (Wildman–Crippen MR) is 138 cm³/mol. The summed E-state index contributed by atoms with van der Waals surface area (Å²) < 4.78 is 0. The number of aromatic amines is 1. The van der Waals surface area contributed by atoms with E-state index in [2.05, 4.69) is 26.3 Å². The van der Waals surface area contributed by atoms with Gasteiger partial charge in [0.2, 0.25) is 17.7 Å². The molecule has 0 bridgehead atoms. The molecule has 38 heavy (non-hydrogen) atoms. The zero-order valence-electron chi connectivity index (χ0n) is 21.5. The van der Waals surface area contributed by atoms with Gasteiger partial charge in [-0.3, -0.25) is 19.2 Å². The maximum absolute atomic E-state index is 13.1. The summed E-state index contributed by atoms with van der Waals surface area (Å²) in [5.41, 5.74) is 1.47.